The zero-order valence-corrected chi connectivity index (χ0v) is 13.1. The third kappa shape index (κ3) is 5.96. The summed E-state index contributed by atoms with van der Waals surface area (Å²) in [5.41, 5.74) is 1.90. The molecule has 0 aromatic heterocycles. The fourth-order valence-electron chi connectivity index (χ4n) is 1.89. The second-order valence-corrected chi connectivity index (χ2v) is 4.87. The predicted molar refractivity (Wildman–Crippen MR) is 86.9 cm³/mol. The van der Waals surface area contributed by atoms with Crippen LogP contribution in [0.3, 0.4) is 0 Å². The molecule has 23 heavy (non-hydrogen) atoms. The zero-order valence-electron chi connectivity index (χ0n) is 13.1. The molecule has 0 aliphatic heterocycles. The number of benzene rings is 2. The smallest absolute Gasteiger partial charge is 0.406 e. The highest BCUT2D eigenvalue weighted by atomic mass is 17.2. The van der Waals surface area contributed by atoms with Crippen LogP contribution >= 0.6 is 0 Å². The van der Waals surface area contributed by atoms with Gasteiger partial charge in [-0.15, -0.1) is 0 Å². The molecule has 0 unspecified atom stereocenters. The van der Waals surface area contributed by atoms with E-state index in [9.17, 15) is 4.79 Å². The molecule has 0 saturated heterocycles. The van der Waals surface area contributed by atoms with E-state index >= 15 is 0 Å². The molecule has 0 bridgehead atoms. The van der Waals surface area contributed by atoms with Crippen molar-refractivity contribution in [2.45, 2.75) is 26.6 Å². The zero-order chi connectivity index (χ0) is 16.3. The Hall–Kier alpha value is -2.59. The Morgan fingerprint density at radius 3 is 2.04 bits per heavy atom. The van der Waals surface area contributed by atoms with E-state index in [0.717, 1.165) is 11.1 Å². The van der Waals surface area contributed by atoms with Crippen molar-refractivity contribution in [3.05, 3.63) is 83.6 Å². The van der Waals surface area contributed by atoms with Crippen molar-refractivity contribution in [3.63, 3.8) is 0 Å². The number of carbonyl (C=O) groups is 1. The van der Waals surface area contributed by atoms with Gasteiger partial charge in [-0.3, -0.25) is 4.89 Å². The molecule has 0 aliphatic carbocycles. The maximum atomic E-state index is 12.0. The first-order valence-electron chi connectivity index (χ1n) is 7.54. The average Bonchev–Trinajstić information content (AvgIpc) is 2.60. The van der Waals surface area contributed by atoms with Gasteiger partial charge in [0.1, 0.15) is 13.2 Å². The van der Waals surface area contributed by atoms with Gasteiger partial charge < -0.3 is 4.74 Å². The topological polar surface area (TPSA) is 44.8 Å². The Morgan fingerprint density at radius 2 is 1.48 bits per heavy atom. The molecule has 0 heterocycles. The van der Waals surface area contributed by atoms with Crippen molar-refractivity contribution in [2.75, 3.05) is 0 Å². The molecule has 0 N–H and O–H groups in total. The van der Waals surface area contributed by atoms with Gasteiger partial charge in [0, 0.05) is 0 Å². The highest BCUT2D eigenvalue weighted by Crippen LogP contribution is 2.10. The second-order valence-electron chi connectivity index (χ2n) is 4.87. The van der Waals surface area contributed by atoms with Crippen LogP contribution in [-0.2, 0) is 32.5 Å². The van der Waals surface area contributed by atoms with Crippen LogP contribution in [0.15, 0.2) is 72.5 Å². The predicted octanol–water partition coefficient (Wildman–Crippen LogP) is 4.17. The van der Waals surface area contributed by atoms with Crippen molar-refractivity contribution in [3.8, 4) is 0 Å². The van der Waals surface area contributed by atoms with Gasteiger partial charge in [-0.2, -0.15) is 4.89 Å². The van der Waals surface area contributed by atoms with Gasteiger partial charge in [0.05, 0.1) is 0 Å². The van der Waals surface area contributed by atoms with Gasteiger partial charge >= 0.3 is 5.97 Å². The van der Waals surface area contributed by atoms with Crippen molar-refractivity contribution in [1.82, 2.24) is 0 Å². The van der Waals surface area contributed by atoms with Gasteiger partial charge in [-0.1, -0.05) is 67.6 Å². The summed E-state index contributed by atoms with van der Waals surface area (Å²) in [6.07, 6.45) is 2.34. The Bertz CT molecular complexity index is 620. The summed E-state index contributed by atoms with van der Waals surface area (Å²) < 4.78 is 5.54. The summed E-state index contributed by atoms with van der Waals surface area (Å²) >= 11 is 0. The van der Waals surface area contributed by atoms with Crippen LogP contribution in [0, 0.1) is 0 Å². The minimum Gasteiger partial charge on any atom is -0.482 e. The third-order valence-corrected chi connectivity index (χ3v) is 3.03. The van der Waals surface area contributed by atoms with E-state index in [1.54, 1.807) is 6.08 Å². The Morgan fingerprint density at radius 1 is 0.913 bits per heavy atom. The van der Waals surface area contributed by atoms with Crippen molar-refractivity contribution >= 4 is 5.97 Å². The van der Waals surface area contributed by atoms with E-state index in [0.29, 0.717) is 13.0 Å². The van der Waals surface area contributed by atoms with E-state index in [1.807, 2.05) is 67.6 Å². The van der Waals surface area contributed by atoms with E-state index in [1.165, 1.54) is 0 Å². The third-order valence-electron chi connectivity index (χ3n) is 3.03. The van der Waals surface area contributed by atoms with E-state index in [4.69, 9.17) is 14.5 Å². The highest BCUT2D eigenvalue weighted by molar-refractivity contribution is 5.85. The molecule has 4 nitrogen and oxygen atoms in total. The molecule has 2 rings (SSSR count). The van der Waals surface area contributed by atoms with Gasteiger partial charge in [0.15, 0.2) is 0 Å². The summed E-state index contributed by atoms with van der Waals surface area (Å²) in [7, 11) is 0. The SMILES string of the molecule is CCC=C(OCc1ccccc1)C(=O)OOCc1ccccc1. The summed E-state index contributed by atoms with van der Waals surface area (Å²) in [6, 6.07) is 19.1. The Labute approximate surface area is 136 Å². The quantitative estimate of drug-likeness (QED) is 0.317. The van der Waals surface area contributed by atoms with Crippen LogP contribution in [0.25, 0.3) is 0 Å². The van der Waals surface area contributed by atoms with Crippen molar-refractivity contribution in [2.24, 2.45) is 0 Å². The standard InChI is InChI=1S/C19H20O4/c1-2-9-18(21-14-16-10-5-3-6-11-16)19(20)23-22-15-17-12-7-4-8-13-17/h3-13H,2,14-15H2,1H3. The lowest BCUT2D eigenvalue weighted by Crippen LogP contribution is -2.11. The summed E-state index contributed by atoms with van der Waals surface area (Å²) in [5.74, 6) is -0.469. The average molecular weight is 312 g/mol. The molecule has 0 amide bonds. The number of rotatable bonds is 8. The Balaban J connectivity index is 1.82. The van der Waals surface area contributed by atoms with Gasteiger partial charge in [0.25, 0.3) is 0 Å². The molecule has 0 fully saturated rings. The molecule has 0 atom stereocenters. The van der Waals surface area contributed by atoms with Crippen molar-refractivity contribution < 1.29 is 19.3 Å². The summed E-state index contributed by atoms with van der Waals surface area (Å²) in [6.45, 7) is 2.43. The molecule has 2 aromatic rings. The van der Waals surface area contributed by atoms with Crippen LogP contribution in [-0.4, -0.2) is 5.97 Å². The molecule has 0 saturated carbocycles. The van der Waals surface area contributed by atoms with E-state index in [-0.39, 0.29) is 12.4 Å². The summed E-state index contributed by atoms with van der Waals surface area (Å²) in [4.78, 5) is 21.8. The molecular formula is C19H20O4. The maximum Gasteiger partial charge on any atom is 0.406 e. The lowest BCUT2D eigenvalue weighted by Gasteiger charge is -2.09. The molecule has 2 aromatic carbocycles. The number of ether oxygens (including phenoxy) is 1. The lowest BCUT2D eigenvalue weighted by atomic mass is 10.2. The van der Waals surface area contributed by atoms with Crippen molar-refractivity contribution in [1.29, 1.82) is 0 Å². The molecule has 0 radical (unpaired) electrons. The normalized spacial score (nSPS) is 11.1. The van der Waals surface area contributed by atoms with E-state index < -0.39 is 5.97 Å². The van der Waals surface area contributed by atoms with Crippen LogP contribution in [0.4, 0.5) is 0 Å². The molecule has 120 valence electrons. The number of carbonyl (C=O) groups excluding carboxylic acids is 1. The maximum absolute atomic E-state index is 12.0. The van der Waals surface area contributed by atoms with Gasteiger partial charge in [-0.05, 0) is 23.6 Å². The second kappa shape index (κ2) is 9.43. The molecule has 4 heteroatoms. The lowest BCUT2D eigenvalue weighted by molar-refractivity contribution is -0.278. The van der Waals surface area contributed by atoms with Gasteiger partial charge in [0.2, 0.25) is 5.76 Å². The summed E-state index contributed by atoms with van der Waals surface area (Å²) in [5, 5.41) is 0. The first kappa shape index (κ1) is 16.8. The fraction of sp³-hybridized carbons (Fsp3) is 0.211. The largest absolute Gasteiger partial charge is 0.482 e. The minimum atomic E-state index is -0.626. The van der Waals surface area contributed by atoms with Crippen LogP contribution in [0.2, 0.25) is 0 Å². The van der Waals surface area contributed by atoms with E-state index in [2.05, 4.69) is 0 Å². The first-order valence-corrected chi connectivity index (χ1v) is 7.54. The van der Waals surface area contributed by atoms with Crippen LogP contribution in [0.5, 0.6) is 0 Å². The first-order chi connectivity index (χ1) is 11.3. The number of allylic oxidation sites excluding steroid dienone is 1. The highest BCUT2D eigenvalue weighted by Gasteiger charge is 2.14. The van der Waals surface area contributed by atoms with Gasteiger partial charge in [-0.25, -0.2) is 4.79 Å². The van der Waals surface area contributed by atoms with Crippen LogP contribution in [0.1, 0.15) is 24.5 Å². The Kier molecular flexibility index (Phi) is 6.88. The minimum absolute atomic E-state index is 0.157. The molecule has 0 aliphatic rings. The van der Waals surface area contributed by atoms with Crippen LogP contribution < -0.4 is 0 Å². The fourth-order valence-corrected chi connectivity index (χ4v) is 1.89. The molecule has 0 spiro atoms. The monoisotopic (exact) mass is 312 g/mol. The molecular weight excluding hydrogens is 292 g/mol. The number of hydrogen-bond donors (Lipinski definition) is 0. The number of hydrogen-bond acceptors (Lipinski definition) is 4.